The predicted molar refractivity (Wildman–Crippen MR) is 106 cm³/mol. The summed E-state index contributed by atoms with van der Waals surface area (Å²) in [7, 11) is 1.53. The van der Waals surface area contributed by atoms with Gasteiger partial charge in [-0.15, -0.1) is 11.3 Å². The Morgan fingerprint density at radius 1 is 1.38 bits per heavy atom. The van der Waals surface area contributed by atoms with E-state index in [-0.39, 0.29) is 11.8 Å². The summed E-state index contributed by atoms with van der Waals surface area (Å²) in [5.74, 6) is 5.75. The Morgan fingerprint density at radius 3 is 2.93 bits per heavy atom. The lowest BCUT2D eigenvalue weighted by atomic mass is 9.98. The fourth-order valence-electron chi connectivity index (χ4n) is 4.39. The van der Waals surface area contributed by atoms with E-state index in [4.69, 9.17) is 11.6 Å². The molecule has 2 fully saturated rings. The molecule has 5 rings (SSSR count). The minimum atomic E-state index is -1.14. The summed E-state index contributed by atoms with van der Waals surface area (Å²) in [6, 6.07) is 3.10. The second-order valence-electron chi connectivity index (χ2n) is 7.26. The number of carbonyl (C=O) groups excluding carboxylic acids is 1. The van der Waals surface area contributed by atoms with Crippen molar-refractivity contribution in [1.29, 1.82) is 0 Å². The zero-order valence-electron chi connectivity index (χ0n) is 15.2. The molecule has 0 saturated heterocycles. The first-order valence-corrected chi connectivity index (χ1v) is 10.2. The summed E-state index contributed by atoms with van der Waals surface area (Å²) >= 11 is 7.29. The van der Waals surface area contributed by atoms with Gasteiger partial charge in [0.15, 0.2) is 5.65 Å². The summed E-state index contributed by atoms with van der Waals surface area (Å²) in [6.45, 7) is 0. The highest BCUT2D eigenvalue weighted by molar-refractivity contribution is 7.16. The lowest BCUT2D eigenvalue weighted by Crippen LogP contribution is -2.41. The molecule has 8 nitrogen and oxygen atoms in total. The number of aromatic nitrogens is 4. The van der Waals surface area contributed by atoms with E-state index in [0.29, 0.717) is 27.7 Å². The third kappa shape index (κ3) is 2.68. The highest BCUT2D eigenvalue weighted by Crippen LogP contribution is 2.67. The topological polar surface area (TPSA) is 113 Å². The zero-order chi connectivity index (χ0) is 20.3. The predicted octanol–water partition coefficient (Wildman–Crippen LogP) is 0.970. The number of aliphatic hydroxyl groups is 2. The molecule has 0 radical (unpaired) electrons. The number of aliphatic hydroxyl groups excluding tert-OH is 2. The highest BCUT2D eigenvalue weighted by Gasteiger charge is 2.75. The maximum atomic E-state index is 12.3. The van der Waals surface area contributed by atoms with Gasteiger partial charge in [0, 0.05) is 13.0 Å². The first kappa shape index (κ1) is 18.5. The van der Waals surface area contributed by atoms with Crippen LogP contribution in [0.2, 0.25) is 4.34 Å². The third-order valence-electron chi connectivity index (χ3n) is 5.83. The number of nitrogens with zero attached hydrogens (tertiary/aromatic N) is 4. The molecule has 0 unspecified atom stereocenters. The van der Waals surface area contributed by atoms with Crippen molar-refractivity contribution in [2.24, 2.45) is 11.3 Å². The van der Waals surface area contributed by atoms with Crippen LogP contribution in [-0.4, -0.2) is 54.9 Å². The van der Waals surface area contributed by atoms with Crippen LogP contribution in [0.4, 0.5) is 0 Å². The van der Waals surface area contributed by atoms with Crippen molar-refractivity contribution in [3.8, 4) is 11.8 Å². The number of rotatable bonds is 2. The van der Waals surface area contributed by atoms with Crippen molar-refractivity contribution in [1.82, 2.24) is 24.8 Å². The Morgan fingerprint density at radius 2 is 2.21 bits per heavy atom. The second-order valence-corrected chi connectivity index (χ2v) is 8.98. The molecule has 0 aliphatic heterocycles. The Labute approximate surface area is 174 Å². The van der Waals surface area contributed by atoms with Crippen LogP contribution in [0.1, 0.15) is 23.2 Å². The average Bonchev–Trinajstić information content (AvgIpc) is 2.98. The van der Waals surface area contributed by atoms with Crippen molar-refractivity contribution in [3.63, 3.8) is 0 Å². The van der Waals surface area contributed by atoms with E-state index in [9.17, 15) is 15.0 Å². The maximum absolute atomic E-state index is 12.3. The lowest BCUT2D eigenvalue weighted by Gasteiger charge is -2.23. The van der Waals surface area contributed by atoms with E-state index in [1.54, 1.807) is 23.2 Å². The molecular weight excluding hydrogens is 414 g/mol. The summed E-state index contributed by atoms with van der Waals surface area (Å²) in [6.07, 6.45) is 1.40. The van der Waals surface area contributed by atoms with Gasteiger partial charge in [0.25, 0.3) is 0 Å². The van der Waals surface area contributed by atoms with Crippen molar-refractivity contribution in [2.45, 2.75) is 24.7 Å². The molecule has 0 bridgehead atoms. The number of thiophene rings is 1. The zero-order valence-corrected chi connectivity index (χ0v) is 16.8. The van der Waals surface area contributed by atoms with E-state index < -0.39 is 23.7 Å². The molecule has 10 heteroatoms. The van der Waals surface area contributed by atoms with Gasteiger partial charge in [0.1, 0.15) is 11.6 Å². The Hall–Kier alpha value is -2.51. The van der Waals surface area contributed by atoms with Gasteiger partial charge in [-0.1, -0.05) is 11.6 Å². The van der Waals surface area contributed by atoms with E-state index in [0.717, 1.165) is 4.88 Å². The fourth-order valence-corrected chi connectivity index (χ4v) is 5.29. The van der Waals surface area contributed by atoms with Gasteiger partial charge >= 0.3 is 0 Å². The van der Waals surface area contributed by atoms with Crippen LogP contribution in [0, 0.1) is 23.2 Å². The molecule has 148 valence electrons. The molecule has 1 amide bonds. The standard InChI is InChI=1S/C19H16ClN5O3S/c1-21-18(28)19-6-10(19)14(15(26)16(19)27)25-8-23-11-7-22-13(24-17(11)25)5-3-9-2-4-12(20)29-9/h2,4,7-8,10,14-16,26-27H,6H2,1H3,(H,21,28)/t10-,14-,15+,16+,19-/m1/s1. The molecule has 5 atom stereocenters. The number of fused-ring (bicyclic) bond motifs is 2. The molecule has 0 aromatic carbocycles. The van der Waals surface area contributed by atoms with Gasteiger partial charge in [0.2, 0.25) is 11.7 Å². The number of halogens is 1. The molecule has 2 aliphatic carbocycles. The fraction of sp³-hybridized carbons (Fsp3) is 0.368. The van der Waals surface area contributed by atoms with Crippen LogP contribution < -0.4 is 5.32 Å². The van der Waals surface area contributed by atoms with Gasteiger partial charge in [-0.05, 0) is 30.4 Å². The molecule has 29 heavy (non-hydrogen) atoms. The molecule has 2 saturated carbocycles. The Bertz CT molecular complexity index is 1200. The molecule has 3 heterocycles. The number of nitrogens with one attached hydrogen (secondary N) is 1. The number of amides is 1. The van der Waals surface area contributed by atoms with Crippen molar-refractivity contribution >= 4 is 40.0 Å². The van der Waals surface area contributed by atoms with E-state index in [2.05, 4.69) is 32.1 Å². The number of imidazole rings is 1. The minimum Gasteiger partial charge on any atom is -0.389 e. The first-order chi connectivity index (χ1) is 14.0. The lowest BCUT2D eigenvalue weighted by molar-refractivity contribution is -0.132. The van der Waals surface area contributed by atoms with Gasteiger partial charge in [-0.25, -0.2) is 15.0 Å². The van der Waals surface area contributed by atoms with Crippen molar-refractivity contribution < 1.29 is 15.0 Å². The van der Waals surface area contributed by atoms with Crippen molar-refractivity contribution in [3.05, 3.63) is 39.7 Å². The summed E-state index contributed by atoms with van der Waals surface area (Å²) in [5.41, 5.74) is 0.0997. The van der Waals surface area contributed by atoms with Crippen LogP contribution in [0.3, 0.4) is 0 Å². The van der Waals surface area contributed by atoms with Crippen LogP contribution in [0.5, 0.6) is 0 Å². The summed E-state index contributed by atoms with van der Waals surface area (Å²) < 4.78 is 2.38. The molecule has 3 N–H and O–H groups in total. The number of carbonyl (C=O) groups is 1. The van der Waals surface area contributed by atoms with E-state index in [1.807, 2.05) is 6.07 Å². The van der Waals surface area contributed by atoms with Gasteiger partial charge < -0.3 is 20.1 Å². The number of hydrogen-bond acceptors (Lipinski definition) is 7. The Balaban J connectivity index is 1.52. The largest absolute Gasteiger partial charge is 0.389 e. The minimum absolute atomic E-state index is 0.192. The summed E-state index contributed by atoms with van der Waals surface area (Å²) in [5, 5.41) is 23.8. The third-order valence-corrected chi connectivity index (χ3v) is 6.98. The highest BCUT2D eigenvalue weighted by atomic mass is 35.5. The monoisotopic (exact) mass is 429 g/mol. The number of hydrogen-bond donors (Lipinski definition) is 3. The van der Waals surface area contributed by atoms with Crippen LogP contribution >= 0.6 is 22.9 Å². The first-order valence-electron chi connectivity index (χ1n) is 9.01. The van der Waals surface area contributed by atoms with Gasteiger partial charge in [-0.2, -0.15) is 0 Å². The van der Waals surface area contributed by atoms with Crippen LogP contribution in [0.25, 0.3) is 11.2 Å². The van der Waals surface area contributed by atoms with Gasteiger partial charge in [-0.3, -0.25) is 4.79 Å². The second kappa shape index (κ2) is 6.50. The molecular formula is C19H16ClN5O3S. The smallest absolute Gasteiger partial charge is 0.229 e. The van der Waals surface area contributed by atoms with Crippen molar-refractivity contribution in [2.75, 3.05) is 7.05 Å². The van der Waals surface area contributed by atoms with Gasteiger partial charge in [0.05, 0.1) is 39.3 Å². The normalized spacial score (nSPS) is 29.9. The quantitative estimate of drug-likeness (QED) is 0.523. The Kier molecular flexibility index (Phi) is 4.15. The van der Waals surface area contributed by atoms with Crippen LogP contribution in [-0.2, 0) is 4.79 Å². The maximum Gasteiger partial charge on any atom is 0.229 e. The molecule has 0 spiro atoms. The molecule has 2 aliphatic rings. The van der Waals surface area contributed by atoms with E-state index in [1.165, 1.54) is 18.4 Å². The SMILES string of the molecule is CNC(=O)[C@]12C[C@@H]1[C@@H](n1cnc3cnc(C#Cc4ccc(Cl)s4)nc31)[C@H](O)[C@@H]2O. The van der Waals surface area contributed by atoms with Crippen LogP contribution in [0.15, 0.2) is 24.7 Å². The molecule has 3 aromatic rings. The summed E-state index contributed by atoms with van der Waals surface area (Å²) in [4.78, 5) is 26.2. The van der Waals surface area contributed by atoms with E-state index >= 15 is 0 Å². The average molecular weight is 430 g/mol. The molecule has 3 aromatic heterocycles.